The number of benzene rings is 1. The Hall–Kier alpha value is -2.38. The molecule has 7 heteroatoms. The van der Waals surface area contributed by atoms with Crippen molar-refractivity contribution < 1.29 is 9.59 Å². The average Bonchev–Trinajstić information content (AvgIpc) is 3.14. The van der Waals surface area contributed by atoms with E-state index in [-0.39, 0.29) is 18.0 Å². The molecule has 2 rings (SSSR count). The van der Waals surface area contributed by atoms with Crippen molar-refractivity contribution in [2.24, 2.45) is 0 Å². The van der Waals surface area contributed by atoms with Crippen LogP contribution >= 0.6 is 11.3 Å². The molecule has 0 radical (unpaired) electrons. The highest BCUT2D eigenvalue weighted by Gasteiger charge is 2.16. The van der Waals surface area contributed by atoms with Crippen molar-refractivity contribution in [3.63, 3.8) is 0 Å². The van der Waals surface area contributed by atoms with E-state index in [0.29, 0.717) is 18.7 Å². The number of carbonyl (C=O) groups is 2. The van der Waals surface area contributed by atoms with E-state index in [0.717, 1.165) is 5.56 Å². The highest BCUT2D eigenvalue weighted by Crippen LogP contribution is 2.22. The van der Waals surface area contributed by atoms with Crippen molar-refractivity contribution >= 4 is 23.3 Å². The van der Waals surface area contributed by atoms with Crippen LogP contribution in [-0.4, -0.2) is 44.5 Å². The third kappa shape index (κ3) is 5.58. The predicted molar refractivity (Wildman–Crippen MR) is 101 cm³/mol. The molecule has 1 aromatic carbocycles. The lowest BCUT2D eigenvalue weighted by Gasteiger charge is -2.23. The zero-order valence-corrected chi connectivity index (χ0v) is 15.5. The summed E-state index contributed by atoms with van der Waals surface area (Å²) in [4.78, 5) is 26.8. The van der Waals surface area contributed by atoms with Crippen molar-refractivity contribution in [3.05, 3.63) is 57.8 Å². The lowest BCUT2D eigenvalue weighted by Crippen LogP contribution is -2.40. The van der Waals surface area contributed by atoms with Crippen LogP contribution < -0.4 is 16.0 Å². The minimum absolute atomic E-state index is 0.124. The van der Waals surface area contributed by atoms with Crippen molar-refractivity contribution in [2.75, 3.05) is 27.7 Å². The quantitative estimate of drug-likeness (QED) is 0.709. The normalized spacial score (nSPS) is 11.8. The Kier molecular flexibility index (Phi) is 6.97. The van der Waals surface area contributed by atoms with E-state index in [9.17, 15) is 9.59 Å². The number of nitrogens with zero attached hydrogens (tertiary/aromatic N) is 1. The average molecular weight is 360 g/mol. The van der Waals surface area contributed by atoms with Crippen LogP contribution in [0.5, 0.6) is 0 Å². The van der Waals surface area contributed by atoms with Gasteiger partial charge in [-0.25, -0.2) is 4.79 Å². The molecule has 0 spiro atoms. The molecule has 3 N–H and O–H groups in total. The topological polar surface area (TPSA) is 73.5 Å². The third-order valence-electron chi connectivity index (χ3n) is 3.85. The molecule has 0 aliphatic rings. The summed E-state index contributed by atoms with van der Waals surface area (Å²) in [7, 11) is 5.59. The first-order valence-corrected chi connectivity index (χ1v) is 8.91. The Labute approximate surface area is 152 Å². The largest absolute Gasteiger partial charge is 0.355 e. The number of urea groups is 1. The maximum absolute atomic E-state index is 12.0. The Morgan fingerprint density at radius 1 is 1.12 bits per heavy atom. The Bertz CT molecular complexity index is 684. The molecular formula is C18H24N4O2S. The van der Waals surface area contributed by atoms with Gasteiger partial charge in [-0.3, -0.25) is 4.79 Å². The number of thiophene rings is 1. The molecule has 0 saturated heterocycles. The highest BCUT2D eigenvalue weighted by molar-refractivity contribution is 7.10. The van der Waals surface area contributed by atoms with Crippen LogP contribution in [0.15, 0.2) is 41.8 Å². The minimum Gasteiger partial charge on any atom is -0.355 e. The summed E-state index contributed by atoms with van der Waals surface area (Å²) in [5, 5.41) is 10.4. The van der Waals surface area contributed by atoms with E-state index in [1.54, 1.807) is 30.5 Å². The first kappa shape index (κ1) is 19.0. The Balaban J connectivity index is 1.81. The van der Waals surface area contributed by atoms with Gasteiger partial charge < -0.3 is 20.9 Å². The number of rotatable bonds is 7. The third-order valence-corrected chi connectivity index (χ3v) is 4.82. The van der Waals surface area contributed by atoms with Gasteiger partial charge in [0.25, 0.3) is 5.91 Å². The molecule has 0 fully saturated rings. The minimum atomic E-state index is -0.209. The van der Waals surface area contributed by atoms with Crippen molar-refractivity contribution in [3.8, 4) is 0 Å². The van der Waals surface area contributed by atoms with Crippen molar-refractivity contribution in [1.82, 2.24) is 20.9 Å². The Morgan fingerprint density at radius 2 is 1.84 bits per heavy atom. The molecule has 3 amide bonds. The summed E-state index contributed by atoms with van der Waals surface area (Å²) in [6.45, 7) is 0.945. The molecule has 1 aromatic heterocycles. The fraction of sp³-hybridized carbons (Fsp3) is 0.333. The van der Waals surface area contributed by atoms with E-state index in [4.69, 9.17) is 0 Å². The molecule has 2 aromatic rings. The van der Waals surface area contributed by atoms with E-state index >= 15 is 0 Å². The first-order chi connectivity index (χ1) is 12.0. The smallest absolute Gasteiger partial charge is 0.315 e. The molecule has 134 valence electrons. The summed E-state index contributed by atoms with van der Waals surface area (Å²) in [6.07, 6.45) is 0. The van der Waals surface area contributed by atoms with Crippen LogP contribution in [0, 0.1) is 0 Å². The summed E-state index contributed by atoms with van der Waals surface area (Å²) < 4.78 is 0. The number of hydrogen-bond donors (Lipinski definition) is 3. The second-order valence-corrected chi connectivity index (χ2v) is 6.81. The maximum atomic E-state index is 12.0. The number of carbonyl (C=O) groups excluding carboxylic acids is 2. The van der Waals surface area contributed by atoms with Gasteiger partial charge in [0.2, 0.25) is 0 Å². The Morgan fingerprint density at radius 3 is 2.40 bits per heavy atom. The molecule has 1 unspecified atom stereocenters. The van der Waals surface area contributed by atoms with Crippen LogP contribution in [0.2, 0.25) is 0 Å². The van der Waals surface area contributed by atoms with Gasteiger partial charge in [-0.05, 0) is 43.2 Å². The van der Waals surface area contributed by atoms with Crippen LogP contribution in [0.25, 0.3) is 0 Å². The van der Waals surface area contributed by atoms with Crippen LogP contribution in [0.1, 0.15) is 26.8 Å². The SMILES string of the molecule is CNC(=O)c1ccc(CNC(=O)NCC(c2cccs2)N(C)C)cc1. The molecule has 6 nitrogen and oxygen atoms in total. The van der Waals surface area contributed by atoms with Gasteiger partial charge in [-0.2, -0.15) is 0 Å². The summed E-state index contributed by atoms with van der Waals surface area (Å²) >= 11 is 1.68. The predicted octanol–water partition coefficient (Wildman–Crippen LogP) is 2.21. The lowest BCUT2D eigenvalue weighted by atomic mass is 10.1. The number of nitrogens with one attached hydrogen (secondary N) is 3. The van der Waals surface area contributed by atoms with Gasteiger partial charge in [0.05, 0.1) is 6.04 Å². The van der Waals surface area contributed by atoms with E-state index in [1.807, 2.05) is 37.7 Å². The van der Waals surface area contributed by atoms with E-state index < -0.39 is 0 Å². The van der Waals surface area contributed by atoms with Gasteiger partial charge in [0.1, 0.15) is 0 Å². The fourth-order valence-electron chi connectivity index (χ4n) is 2.37. The molecule has 0 aliphatic carbocycles. The summed E-state index contributed by atoms with van der Waals surface area (Å²) in [5.74, 6) is -0.124. The monoisotopic (exact) mass is 360 g/mol. The summed E-state index contributed by atoms with van der Waals surface area (Å²) in [6, 6.07) is 11.2. The summed E-state index contributed by atoms with van der Waals surface area (Å²) in [5.41, 5.74) is 1.53. The maximum Gasteiger partial charge on any atom is 0.315 e. The highest BCUT2D eigenvalue weighted by atomic mass is 32.1. The molecule has 25 heavy (non-hydrogen) atoms. The first-order valence-electron chi connectivity index (χ1n) is 8.03. The number of likely N-dealkylation sites (N-methyl/N-ethyl adjacent to an activating group) is 1. The van der Waals surface area contributed by atoms with E-state index in [1.165, 1.54) is 4.88 Å². The van der Waals surface area contributed by atoms with Gasteiger partial charge in [0, 0.05) is 30.6 Å². The van der Waals surface area contributed by atoms with Crippen LogP contribution in [0.4, 0.5) is 4.79 Å². The molecule has 0 saturated carbocycles. The van der Waals surface area contributed by atoms with Crippen LogP contribution in [-0.2, 0) is 6.54 Å². The lowest BCUT2D eigenvalue weighted by molar-refractivity contribution is 0.0963. The molecular weight excluding hydrogens is 336 g/mol. The number of hydrogen-bond acceptors (Lipinski definition) is 4. The molecule has 1 heterocycles. The van der Waals surface area contributed by atoms with Crippen molar-refractivity contribution in [2.45, 2.75) is 12.6 Å². The number of amides is 3. The van der Waals surface area contributed by atoms with Crippen molar-refractivity contribution in [1.29, 1.82) is 0 Å². The van der Waals surface area contributed by atoms with Gasteiger partial charge in [-0.15, -0.1) is 11.3 Å². The van der Waals surface area contributed by atoms with E-state index in [2.05, 4.69) is 26.9 Å². The second kappa shape index (κ2) is 9.19. The zero-order valence-electron chi connectivity index (χ0n) is 14.7. The second-order valence-electron chi connectivity index (χ2n) is 5.83. The molecule has 1 atom stereocenters. The molecule has 0 aliphatic heterocycles. The van der Waals surface area contributed by atoms with Gasteiger partial charge in [-0.1, -0.05) is 18.2 Å². The van der Waals surface area contributed by atoms with Gasteiger partial charge in [0.15, 0.2) is 0 Å². The standard InChI is InChI=1S/C18H24N4O2S/c1-19-17(23)14-8-6-13(7-9-14)11-20-18(24)21-12-15(22(2)3)16-5-4-10-25-16/h4-10,15H,11-12H2,1-3H3,(H,19,23)(H2,20,21,24). The van der Waals surface area contributed by atoms with Gasteiger partial charge >= 0.3 is 6.03 Å². The van der Waals surface area contributed by atoms with Crippen LogP contribution in [0.3, 0.4) is 0 Å². The molecule has 0 bridgehead atoms. The fourth-order valence-corrected chi connectivity index (χ4v) is 3.29. The zero-order chi connectivity index (χ0) is 18.2.